The minimum Gasteiger partial charge on any atom is -0.497 e. The summed E-state index contributed by atoms with van der Waals surface area (Å²) in [5.41, 5.74) is 2.59. The summed E-state index contributed by atoms with van der Waals surface area (Å²) in [6.07, 6.45) is 0. The Morgan fingerprint density at radius 2 is 1.87 bits per heavy atom. The molecule has 0 spiro atoms. The van der Waals surface area contributed by atoms with Gasteiger partial charge in [-0.15, -0.1) is 0 Å². The van der Waals surface area contributed by atoms with Crippen LogP contribution in [0.5, 0.6) is 11.5 Å². The first-order valence-corrected chi connectivity index (χ1v) is 7.01. The van der Waals surface area contributed by atoms with Crippen molar-refractivity contribution >= 4 is 17.3 Å². The Morgan fingerprint density at radius 1 is 1.13 bits per heavy atom. The van der Waals surface area contributed by atoms with Crippen molar-refractivity contribution in [3.63, 3.8) is 0 Å². The molecule has 6 heteroatoms. The van der Waals surface area contributed by atoms with Crippen LogP contribution in [0.1, 0.15) is 15.9 Å². The Labute approximate surface area is 134 Å². The molecule has 5 nitrogen and oxygen atoms in total. The second-order valence-corrected chi connectivity index (χ2v) is 4.90. The van der Waals surface area contributed by atoms with Gasteiger partial charge in [0.05, 0.1) is 14.2 Å². The SMILES string of the molecule is CNC(=O)c1cc(OC)cc(Nc2ccc(F)c(OC)c2)c1C. The Hall–Kier alpha value is -2.76. The van der Waals surface area contributed by atoms with Gasteiger partial charge in [-0.3, -0.25) is 4.79 Å². The number of nitrogens with one attached hydrogen (secondary N) is 2. The molecule has 0 aliphatic heterocycles. The molecule has 0 radical (unpaired) electrons. The molecule has 23 heavy (non-hydrogen) atoms. The normalized spacial score (nSPS) is 10.1. The summed E-state index contributed by atoms with van der Waals surface area (Å²) >= 11 is 0. The number of ether oxygens (including phenoxy) is 2. The highest BCUT2D eigenvalue weighted by Gasteiger charge is 2.14. The maximum Gasteiger partial charge on any atom is 0.251 e. The highest BCUT2D eigenvalue weighted by Crippen LogP contribution is 2.30. The molecule has 2 aromatic carbocycles. The highest BCUT2D eigenvalue weighted by molar-refractivity contribution is 5.97. The number of rotatable bonds is 5. The molecule has 1 amide bonds. The number of benzene rings is 2. The van der Waals surface area contributed by atoms with Gasteiger partial charge in [-0.05, 0) is 30.7 Å². The number of carbonyl (C=O) groups excluding carboxylic acids is 1. The van der Waals surface area contributed by atoms with Gasteiger partial charge in [-0.1, -0.05) is 0 Å². The molecule has 0 saturated carbocycles. The van der Waals surface area contributed by atoms with E-state index in [4.69, 9.17) is 9.47 Å². The zero-order valence-electron chi connectivity index (χ0n) is 13.5. The first-order valence-electron chi connectivity index (χ1n) is 7.01. The third kappa shape index (κ3) is 3.53. The molecule has 0 heterocycles. The Balaban J connectivity index is 2.44. The standard InChI is InChI=1S/C17H19FN2O3/c1-10-13(17(21)19-2)8-12(22-3)9-15(10)20-11-5-6-14(18)16(7-11)23-4/h5-9,20H,1-4H3,(H,19,21). The van der Waals surface area contributed by atoms with Gasteiger partial charge in [0.1, 0.15) is 5.75 Å². The molecule has 122 valence electrons. The van der Waals surface area contributed by atoms with Gasteiger partial charge in [0.25, 0.3) is 5.91 Å². The fraction of sp³-hybridized carbons (Fsp3) is 0.235. The molecular weight excluding hydrogens is 299 g/mol. The molecule has 2 N–H and O–H groups in total. The number of methoxy groups -OCH3 is 2. The van der Waals surface area contributed by atoms with Crippen molar-refractivity contribution in [1.82, 2.24) is 5.32 Å². The van der Waals surface area contributed by atoms with E-state index in [1.165, 1.54) is 20.3 Å². The second-order valence-electron chi connectivity index (χ2n) is 4.90. The van der Waals surface area contributed by atoms with Crippen LogP contribution in [0.4, 0.5) is 15.8 Å². The largest absolute Gasteiger partial charge is 0.497 e. The van der Waals surface area contributed by atoms with Crippen molar-refractivity contribution in [1.29, 1.82) is 0 Å². The van der Waals surface area contributed by atoms with Gasteiger partial charge in [-0.2, -0.15) is 0 Å². The van der Waals surface area contributed by atoms with Crippen LogP contribution in [-0.4, -0.2) is 27.2 Å². The molecule has 0 atom stereocenters. The Morgan fingerprint density at radius 3 is 2.48 bits per heavy atom. The van der Waals surface area contributed by atoms with Crippen molar-refractivity contribution in [2.45, 2.75) is 6.92 Å². The van der Waals surface area contributed by atoms with Gasteiger partial charge in [0.15, 0.2) is 11.6 Å². The lowest BCUT2D eigenvalue weighted by molar-refractivity contribution is 0.0962. The number of halogens is 1. The predicted molar refractivity (Wildman–Crippen MR) is 87.4 cm³/mol. The van der Waals surface area contributed by atoms with Gasteiger partial charge >= 0.3 is 0 Å². The summed E-state index contributed by atoms with van der Waals surface area (Å²) in [7, 11) is 4.50. The number of hydrogen-bond donors (Lipinski definition) is 2. The molecule has 0 fully saturated rings. The van der Waals surface area contributed by atoms with Crippen LogP contribution in [0.15, 0.2) is 30.3 Å². The quantitative estimate of drug-likeness (QED) is 0.888. The third-order valence-electron chi connectivity index (χ3n) is 3.52. The monoisotopic (exact) mass is 318 g/mol. The van der Waals surface area contributed by atoms with Crippen LogP contribution in [0.25, 0.3) is 0 Å². The van der Waals surface area contributed by atoms with Crippen LogP contribution in [0, 0.1) is 12.7 Å². The summed E-state index contributed by atoms with van der Waals surface area (Å²) in [6.45, 7) is 1.83. The van der Waals surface area contributed by atoms with Gasteiger partial charge in [0, 0.05) is 36.1 Å². The summed E-state index contributed by atoms with van der Waals surface area (Å²) in [6, 6.07) is 7.91. The Kier molecular flexibility index (Phi) is 5.05. The average Bonchev–Trinajstić information content (AvgIpc) is 2.57. The zero-order valence-corrected chi connectivity index (χ0v) is 13.5. The van der Waals surface area contributed by atoms with Crippen LogP contribution in [0.3, 0.4) is 0 Å². The average molecular weight is 318 g/mol. The molecule has 0 aromatic heterocycles. The van der Waals surface area contributed by atoms with Crippen molar-refractivity contribution in [2.24, 2.45) is 0 Å². The smallest absolute Gasteiger partial charge is 0.251 e. The maximum absolute atomic E-state index is 13.5. The van der Waals surface area contributed by atoms with E-state index < -0.39 is 5.82 Å². The van der Waals surface area contributed by atoms with E-state index in [-0.39, 0.29) is 11.7 Å². The van der Waals surface area contributed by atoms with Crippen LogP contribution < -0.4 is 20.1 Å². The second kappa shape index (κ2) is 7.00. The van der Waals surface area contributed by atoms with E-state index in [9.17, 15) is 9.18 Å². The van der Waals surface area contributed by atoms with E-state index in [0.29, 0.717) is 22.7 Å². The van der Waals surface area contributed by atoms with E-state index in [1.54, 1.807) is 31.3 Å². The van der Waals surface area contributed by atoms with Gasteiger partial charge in [-0.25, -0.2) is 4.39 Å². The number of hydrogen-bond acceptors (Lipinski definition) is 4. The minimum atomic E-state index is -0.438. The summed E-state index contributed by atoms with van der Waals surface area (Å²) in [4.78, 5) is 12.0. The fourth-order valence-electron chi connectivity index (χ4n) is 2.20. The summed E-state index contributed by atoms with van der Waals surface area (Å²) in [5.74, 6) is 0.0421. The topological polar surface area (TPSA) is 59.6 Å². The number of anilines is 2. The fourth-order valence-corrected chi connectivity index (χ4v) is 2.20. The maximum atomic E-state index is 13.5. The molecule has 0 unspecified atom stereocenters. The van der Waals surface area contributed by atoms with E-state index in [0.717, 1.165) is 5.56 Å². The molecule has 0 aliphatic rings. The van der Waals surface area contributed by atoms with Crippen molar-refractivity contribution < 1.29 is 18.7 Å². The van der Waals surface area contributed by atoms with Crippen molar-refractivity contribution in [2.75, 3.05) is 26.6 Å². The minimum absolute atomic E-state index is 0.141. The van der Waals surface area contributed by atoms with E-state index in [1.807, 2.05) is 6.92 Å². The first kappa shape index (κ1) is 16.6. The molecule has 0 aliphatic carbocycles. The Bertz CT molecular complexity index is 732. The van der Waals surface area contributed by atoms with E-state index >= 15 is 0 Å². The van der Waals surface area contributed by atoms with Crippen molar-refractivity contribution in [3.05, 3.63) is 47.3 Å². The first-order chi connectivity index (χ1) is 11.0. The van der Waals surface area contributed by atoms with Crippen LogP contribution >= 0.6 is 0 Å². The van der Waals surface area contributed by atoms with Crippen LogP contribution in [-0.2, 0) is 0 Å². The predicted octanol–water partition coefficient (Wildman–Crippen LogP) is 3.25. The lowest BCUT2D eigenvalue weighted by atomic mass is 10.0. The van der Waals surface area contributed by atoms with Crippen LogP contribution in [0.2, 0.25) is 0 Å². The van der Waals surface area contributed by atoms with Crippen molar-refractivity contribution in [3.8, 4) is 11.5 Å². The molecule has 2 aromatic rings. The summed E-state index contributed by atoms with van der Waals surface area (Å²) in [5, 5.41) is 5.76. The molecule has 0 saturated heterocycles. The third-order valence-corrected chi connectivity index (χ3v) is 3.52. The summed E-state index contributed by atoms with van der Waals surface area (Å²) < 4.78 is 23.7. The molecular formula is C17H19FN2O3. The zero-order chi connectivity index (χ0) is 17.0. The number of amides is 1. The van der Waals surface area contributed by atoms with E-state index in [2.05, 4.69) is 10.6 Å². The lowest BCUT2D eigenvalue weighted by Gasteiger charge is -2.15. The highest BCUT2D eigenvalue weighted by atomic mass is 19.1. The lowest BCUT2D eigenvalue weighted by Crippen LogP contribution is -2.19. The molecule has 2 rings (SSSR count). The van der Waals surface area contributed by atoms with Gasteiger partial charge in [0.2, 0.25) is 0 Å². The number of carbonyl (C=O) groups is 1. The van der Waals surface area contributed by atoms with Gasteiger partial charge < -0.3 is 20.1 Å². The molecule has 0 bridgehead atoms.